The molecule has 1 N–H and O–H groups in total. The van der Waals surface area contributed by atoms with E-state index in [1.165, 1.54) is 24.5 Å². The van der Waals surface area contributed by atoms with E-state index < -0.39 is 11.7 Å². The maximum Gasteiger partial charge on any atom is 0.416 e. The van der Waals surface area contributed by atoms with Crippen molar-refractivity contribution in [3.05, 3.63) is 47.9 Å². The Morgan fingerprint density at radius 2 is 1.77 bits per heavy atom. The number of rotatable bonds is 3. The van der Waals surface area contributed by atoms with Gasteiger partial charge in [-0.05, 0) is 43.0 Å². The van der Waals surface area contributed by atoms with Gasteiger partial charge in [0.25, 0.3) is 5.91 Å². The molecule has 26 heavy (non-hydrogen) atoms. The summed E-state index contributed by atoms with van der Waals surface area (Å²) in [7, 11) is 0. The minimum absolute atomic E-state index is 0.148. The Hall–Kier alpha value is -2.64. The highest BCUT2D eigenvalue weighted by Gasteiger charge is 2.30. The molecule has 138 valence electrons. The van der Waals surface area contributed by atoms with Gasteiger partial charge in [0.1, 0.15) is 11.5 Å². The van der Waals surface area contributed by atoms with Crippen LogP contribution < -0.4 is 5.32 Å². The number of hydrogen-bond donors (Lipinski definition) is 1. The molecule has 0 aliphatic carbocycles. The van der Waals surface area contributed by atoms with E-state index in [-0.39, 0.29) is 11.6 Å². The number of carbonyl (C=O) groups is 1. The molecule has 3 rings (SSSR count). The highest BCUT2D eigenvalue weighted by atomic mass is 19.4. The largest absolute Gasteiger partial charge is 0.416 e. The summed E-state index contributed by atoms with van der Waals surface area (Å²) in [5.41, 5.74) is -0.000143. The number of piperidine rings is 1. The van der Waals surface area contributed by atoms with Crippen molar-refractivity contribution in [3.63, 3.8) is 0 Å². The maximum absolute atomic E-state index is 12.6. The second kappa shape index (κ2) is 7.31. The summed E-state index contributed by atoms with van der Waals surface area (Å²) in [6, 6.07) is 4.62. The van der Waals surface area contributed by atoms with Gasteiger partial charge in [-0.1, -0.05) is 6.92 Å². The fourth-order valence-electron chi connectivity index (χ4n) is 2.77. The quantitative estimate of drug-likeness (QED) is 0.890. The number of halogens is 3. The Labute approximate surface area is 149 Å². The molecule has 0 saturated carbocycles. The van der Waals surface area contributed by atoms with Crippen LogP contribution in [0, 0.1) is 5.92 Å². The summed E-state index contributed by atoms with van der Waals surface area (Å²) in [4.78, 5) is 22.4. The van der Waals surface area contributed by atoms with Crippen molar-refractivity contribution in [2.75, 3.05) is 18.4 Å². The summed E-state index contributed by atoms with van der Waals surface area (Å²) in [6.07, 6.45) is 0.371. The van der Waals surface area contributed by atoms with Gasteiger partial charge in [-0.25, -0.2) is 9.97 Å². The third-order valence-electron chi connectivity index (χ3n) is 4.43. The molecular weight excluding hydrogens is 345 g/mol. The molecule has 5 nitrogen and oxygen atoms in total. The Morgan fingerprint density at radius 1 is 1.12 bits per heavy atom. The van der Waals surface area contributed by atoms with Crippen LogP contribution in [0.2, 0.25) is 0 Å². The Bertz CT molecular complexity index is 752. The lowest BCUT2D eigenvalue weighted by Crippen LogP contribution is -2.38. The summed E-state index contributed by atoms with van der Waals surface area (Å²) < 4.78 is 37.7. The lowest BCUT2D eigenvalue weighted by molar-refractivity contribution is -0.137. The Kier molecular flexibility index (Phi) is 5.11. The molecule has 0 atom stereocenters. The molecule has 1 aliphatic heterocycles. The molecule has 1 aliphatic rings. The van der Waals surface area contributed by atoms with Gasteiger partial charge in [0.2, 0.25) is 0 Å². The van der Waals surface area contributed by atoms with Crippen molar-refractivity contribution >= 4 is 17.4 Å². The molecule has 0 bridgehead atoms. The molecule has 1 amide bonds. The standard InChI is InChI=1S/C18H19F3N4O/c1-12-6-8-25(9-7-12)17(26)15-10-23-16(11-22-15)24-14-4-2-13(3-5-14)18(19,20)21/h2-5,10-12H,6-9H2,1H3,(H,23,24). The van der Waals surface area contributed by atoms with Crippen LogP contribution in [0.4, 0.5) is 24.7 Å². The van der Waals surface area contributed by atoms with Crippen LogP contribution >= 0.6 is 0 Å². The van der Waals surface area contributed by atoms with Crippen LogP contribution in [0.5, 0.6) is 0 Å². The van der Waals surface area contributed by atoms with E-state index in [2.05, 4.69) is 22.2 Å². The number of aromatic nitrogens is 2. The highest BCUT2D eigenvalue weighted by molar-refractivity contribution is 5.92. The number of anilines is 2. The second-order valence-electron chi connectivity index (χ2n) is 6.46. The summed E-state index contributed by atoms with van der Waals surface area (Å²) >= 11 is 0. The molecule has 1 aromatic heterocycles. The van der Waals surface area contributed by atoms with Gasteiger partial charge in [-0.2, -0.15) is 13.2 Å². The zero-order valence-electron chi connectivity index (χ0n) is 14.3. The zero-order valence-corrected chi connectivity index (χ0v) is 14.3. The SMILES string of the molecule is CC1CCN(C(=O)c2cnc(Nc3ccc(C(F)(F)F)cc3)cn2)CC1. The average molecular weight is 364 g/mol. The predicted molar refractivity (Wildman–Crippen MR) is 91.1 cm³/mol. The van der Waals surface area contributed by atoms with Gasteiger partial charge < -0.3 is 10.2 Å². The number of hydrogen-bond acceptors (Lipinski definition) is 4. The number of benzene rings is 1. The first-order chi connectivity index (χ1) is 12.3. The van der Waals surface area contributed by atoms with Crippen molar-refractivity contribution in [2.24, 2.45) is 5.92 Å². The third-order valence-corrected chi connectivity index (χ3v) is 4.43. The first kappa shape index (κ1) is 18.2. The van der Waals surface area contributed by atoms with E-state index in [0.29, 0.717) is 30.5 Å². The normalized spacial score (nSPS) is 15.8. The fourth-order valence-corrected chi connectivity index (χ4v) is 2.77. The molecule has 2 aromatic rings. The monoisotopic (exact) mass is 364 g/mol. The second-order valence-corrected chi connectivity index (χ2v) is 6.46. The predicted octanol–water partition coefficient (Wildman–Crippen LogP) is 4.11. The van der Waals surface area contributed by atoms with E-state index in [9.17, 15) is 18.0 Å². The van der Waals surface area contributed by atoms with Gasteiger partial charge in [0.15, 0.2) is 0 Å². The van der Waals surface area contributed by atoms with Gasteiger partial charge in [0.05, 0.1) is 18.0 Å². The highest BCUT2D eigenvalue weighted by Crippen LogP contribution is 2.30. The number of carbonyl (C=O) groups excluding carboxylic acids is 1. The number of nitrogens with one attached hydrogen (secondary N) is 1. The topological polar surface area (TPSA) is 58.1 Å². The van der Waals surface area contributed by atoms with Crippen molar-refractivity contribution in [1.82, 2.24) is 14.9 Å². The Balaban J connectivity index is 1.63. The minimum Gasteiger partial charge on any atom is -0.339 e. The molecule has 8 heteroatoms. The lowest BCUT2D eigenvalue weighted by atomic mass is 9.99. The minimum atomic E-state index is -4.37. The van der Waals surface area contributed by atoms with Crippen LogP contribution in [-0.4, -0.2) is 33.9 Å². The number of nitrogens with zero attached hydrogens (tertiary/aromatic N) is 3. The molecule has 0 spiro atoms. The molecule has 2 heterocycles. The first-order valence-corrected chi connectivity index (χ1v) is 8.38. The maximum atomic E-state index is 12.6. The van der Waals surface area contributed by atoms with Crippen LogP contribution in [0.15, 0.2) is 36.7 Å². The van der Waals surface area contributed by atoms with E-state index in [4.69, 9.17) is 0 Å². The molecule has 0 unspecified atom stereocenters. The van der Waals surface area contributed by atoms with E-state index in [1.807, 2.05) is 0 Å². The zero-order chi connectivity index (χ0) is 18.7. The smallest absolute Gasteiger partial charge is 0.339 e. The van der Waals surface area contributed by atoms with Gasteiger partial charge >= 0.3 is 6.18 Å². The number of alkyl halides is 3. The third kappa shape index (κ3) is 4.30. The van der Waals surface area contributed by atoms with E-state index >= 15 is 0 Å². The van der Waals surface area contributed by atoms with Crippen LogP contribution in [-0.2, 0) is 6.18 Å². The van der Waals surface area contributed by atoms with E-state index in [1.54, 1.807) is 4.90 Å². The molecular formula is C18H19F3N4O. The fraction of sp³-hybridized carbons (Fsp3) is 0.389. The summed E-state index contributed by atoms with van der Waals surface area (Å²) in [6.45, 7) is 3.60. The average Bonchev–Trinajstić information content (AvgIpc) is 2.62. The van der Waals surface area contributed by atoms with Gasteiger partial charge in [0, 0.05) is 18.8 Å². The number of amides is 1. The molecule has 1 aromatic carbocycles. The van der Waals surface area contributed by atoms with E-state index in [0.717, 1.165) is 25.0 Å². The van der Waals surface area contributed by atoms with Crippen molar-refractivity contribution in [1.29, 1.82) is 0 Å². The van der Waals surface area contributed by atoms with Crippen LogP contribution in [0.25, 0.3) is 0 Å². The Morgan fingerprint density at radius 3 is 2.31 bits per heavy atom. The van der Waals surface area contributed by atoms with Crippen LogP contribution in [0.3, 0.4) is 0 Å². The lowest BCUT2D eigenvalue weighted by Gasteiger charge is -2.29. The van der Waals surface area contributed by atoms with Crippen molar-refractivity contribution < 1.29 is 18.0 Å². The summed E-state index contributed by atoms with van der Waals surface area (Å²) in [5, 5.41) is 2.87. The summed E-state index contributed by atoms with van der Waals surface area (Å²) in [5.74, 6) is 0.833. The first-order valence-electron chi connectivity index (χ1n) is 8.38. The molecule has 0 radical (unpaired) electrons. The van der Waals surface area contributed by atoms with Gasteiger partial charge in [-0.15, -0.1) is 0 Å². The number of likely N-dealkylation sites (tertiary alicyclic amines) is 1. The molecule has 1 saturated heterocycles. The van der Waals surface area contributed by atoms with Crippen molar-refractivity contribution in [2.45, 2.75) is 25.9 Å². The van der Waals surface area contributed by atoms with Crippen LogP contribution in [0.1, 0.15) is 35.8 Å². The molecule has 1 fully saturated rings. The van der Waals surface area contributed by atoms with Gasteiger partial charge in [-0.3, -0.25) is 4.79 Å². The van der Waals surface area contributed by atoms with Crippen molar-refractivity contribution in [3.8, 4) is 0 Å².